The van der Waals surface area contributed by atoms with Crippen molar-refractivity contribution in [2.24, 2.45) is 0 Å². The summed E-state index contributed by atoms with van der Waals surface area (Å²) in [5.41, 5.74) is 6.39. The van der Waals surface area contributed by atoms with Gasteiger partial charge in [-0.25, -0.2) is 9.97 Å². The first kappa shape index (κ1) is 15.8. The Balaban J connectivity index is 1.99. The number of fused-ring (bicyclic) bond motifs is 1. The van der Waals surface area contributed by atoms with E-state index in [9.17, 15) is 0 Å². The maximum Gasteiger partial charge on any atom is 0.160 e. The number of rotatable bonds is 2. The third-order valence-electron chi connectivity index (χ3n) is 4.28. The summed E-state index contributed by atoms with van der Waals surface area (Å²) >= 11 is 6.01. The van der Waals surface area contributed by atoms with Crippen molar-refractivity contribution < 1.29 is 0 Å². The van der Waals surface area contributed by atoms with Crippen molar-refractivity contribution in [3.63, 3.8) is 0 Å². The molecule has 0 aliphatic rings. The maximum atomic E-state index is 6.01. The fourth-order valence-electron chi connectivity index (χ4n) is 2.90. The summed E-state index contributed by atoms with van der Waals surface area (Å²) < 4.78 is 0. The van der Waals surface area contributed by atoms with Gasteiger partial charge in [0.1, 0.15) is 0 Å². The van der Waals surface area contributed by atoms with E-state index in [4.69, 9.17) is 21.6 Å². The van der Waals surface area contributed by atoms with Crippen LogP contribution in [0.15, 0.2) is 66.7 Å². The van der Waals surface area contributed by atoms with Crippen LogP contribution in [-0.4, -0.2) is 9.97 Å². The molecule has 0 aliphatic carbocycles. The van der Waals surface area contributed by atoms with E-state index in [1.807, 2.05) is 24.3 Å². The molecule has 0 fully saturated rings. The van der Waals surface area contributed by atoms with Crippen LogP contribution in [0.2, 0.25) is 5.02 Å². The number of benzene rings is 3. The highest BCUT2D eigenvalue weighted by Crippen LogP contribution is 2.30. The van der Waals surface area contributed by atoms with Crippen molar-refractivity contribution in [1.29, 1.82) is 0 Å². The zero-order valence-electron chi connectivity index (χ0n) is 14.1. The highest BCUT2D eigenvalue weighted by atomic mass is 35.5. The molecule has 0 unspecified atom stereocenters. The van der Waals surface area contributed by atoms with Gasteiger partial charge in [0.05, 0.1) is 11.2 Å². The molecule has 1 heterocycles. The standard InChI is InChI=1S/C22H17ClN2/c1-14-3-6-16(7-4-14)21-19-13-15(2)5-12-20(19)24-22(25-21)17-8-10-18(23)11-9-17/h3-13H,1-2H3. The largest absolute Gasteiger partial charge is 0.228 e. The first-order valence-electron chi connectivity index (χ1n) is 8.21. The first-order chi connectivity index (χ1) is 12.1. The molecular weight excluding hydrogens is 328 g/mol. The van der Waals surface area contributed by atoms with Crippen molar-refractivity contribution in [2.45, 2.75) is 13.8 Å². The van der Waals surface area contributed by atoms with Crippen LogP contribution in [0.4, 0.5) is 0 Å². The van der Waals surface area contributed by atoms with E-state index < -0.39 is 0 Å². The quantitative estimate of drug-likeness (QED) is 0.430. The van der Waals surface area contributed by atoms with Crippen molar-refractivity contribution in [1.82, 2.24) is 9.97 Å². The Bertz CT molecular complexity index is 1050. The second-order valence-corrected chi connectivity index (χ2v) is 6.73. The Kier molecular flexibility index (Phi) is 3.98. The van der Waals surface area contributed by atoms with Crippen molar-refractivity contribution in [2.75, 3.05) is 0 Å². The van der Waals surface area contributed by atoms with Gasteiger partial charge in [-0.2, -0.15) is 0 Å². The van der Waals surface area contributed by atoms with Gasteiger partial charge in [0.25, 0.3) is 0 Å². The average molecular weight is 345 g/mol. The molecule has 0 amide bonds. The molecule has 4 aromatic rings. The number of hydrogen-bond donors (Lipinski definition) is 0. The SMILES string of the molecule is Cc1ccc(-c2nc(-c3ccc(Cl)cc3)nc3ccc(C)cc23)cc1. The summed E-state index contributed by atoms with van der Waals surface area (Å²) in [7, 11) is 0. The number of aromatic nitrogens is 2. The smallest absolute Gasteiger partial charge is 0.160 e. The predicted octanol–water partition coefficient (Wildman–Crippen LogP) is 6.23. The zero-order valence-corrected chi connectivity index (χ0v) is 14.9. The molecule has 3 heteroatoms. The van der Waals surface area contributed by atoms with Gasteiger partial charge in [0, 0.05) is 21.5 Å². The minimum Gasteiger partial charge on any atom is -0.228 e. The molecule has 0 bridgehead atoms. The van der Waals surface area contributed by atoms with E-state index in [-0.39, 0.29) is 0 Å². The minimum absolute atomic E-state index is 0.707. The number of aryl methyl sites for hydroxylation is 2. The molecule has 1 aromatic heterocycles. The average Bonchev–Trinajstić information content (AvgIpc) is 2.62. The monoisotopic (exact) mass is 344 g/mol. The number of halogens is 1. The van der Waals surface area contributed by atoms with Crippen molar-refractivity contribution in [3.8, 4) is 22.6 Å². The van der Waals surface area contributed by atoms with E-state index >= 15 is 0 Å². The van der Waals surface area contributed by atoms with Crippen LogP contribution >= 0.6 is 11.6 Å². The van der Waals surface area contributed by atoms with Crippen LogP contribution in [0, 0.1) is 13.8 Å². The zero-order chi connectivity index (χ0) is 17.4. The summed E-state index contributed by atoms with van der Waals surface area (Å²) in [6, 6.07) is 22.4. The second kappa shape index (κ2) is 6.30. The van der Waals surface area contributed by atoms with E-state index in [1.165, 1.54) is 11.1 Å². The van der Waals surface area contributed by atoms with Crippen LogP contribution in [0.25, 0.3) is 33.5 Å². The Hall–Kier alpha value is -2.71. The molecule has 2 nitrogen and oxygen atoms in total. The highest BCUT2D eigenvalue weighted by molar-refractivity contribution is 6.30. The van der Waals surface area contributed by atoms with Crippen LogP contribution < -0.4 is 0 Å². The lowest BCUT2D eigenvalue weighted by Gasteiger charge is -2.10. The Morgan fingerprint density at radius 1 is 0.680 bits per heavy atom. The van der Waals surface area contributed by atoms with E-state index in [2.05, 4.69) is 56.3 Å². The fourth-order valence-corrected chi connectivity index (χ4v) is 3.03. The summed E-state index contributed by atoms with van der Waals surface area (Å²) in [5, 5.41) is 1.78. The van der Waals surface area contributed by atoms with Gasteiger partial charge in [0.15, 0.2) is 5.82 Å². The molecule has 0 N–H and O–H groups in total. The van der Waals surface area contributed by atoms with Gasteiger partial charge < -0.3 is 0 Å². The first-order valence-corrected chi connectivity index (χ1v) is 8.59. The number of nitrogens with zero attached hydrogens (tertiary/aromatic N) is 2. The van der Waals surface area contributed by atoms with Gasteiger partial charge in [-0.3, -0.25) is 0 Å². The van der Waals surface area contributed by atoms with Gasteiger partial charge in [0.2, 0.25) is 0 Å². The molecular formula is C22H17ClN2. The minimum atomic E-state index is 0.707. The van der Waals surface area contributed by atoms with E-state index in [0.717, 1.165) is 27.7 Å². The highest BCUT2D eigenvalue weighted by Gasteiger charge is 2.11. The topological polar surface area (TPSA) is 25.8 Å². The molecule has 0 saturated carbocycles. The summed E-state index contributed by atoms with van der Waals surface area (Å²) in [4.78, 5) is 9.65. The fraction of sp³-hybridized carbons (Fsp3) is 0.0909. The molecule has 0 spiro atoms. The van der Waals surface area contributed by atoms with Gasteiger partial charge in [-0.05, 0) is 50.2 Å². The molecule has 0 saturated heterocycles. The Labute approximate surface area is 152 Å². The Morgan fingerprint density at radius 2 is 1.32 bits per heavy atom. The summed E-state index contributed by atoms with van der Waals surface area (Å²) in [6.45, 7) is 4.18. The molecule has 0 radical (unpaired) electrons. The summed E-state index contributed by atoms with van der Waals surface area (Å²) in [6.07, 6.45) is 0. The third kappa shape index (κ3) is 3.13. The lowest BCUT2D eigenvalue weighted by atomic mass is 10.0. The van der Waals surface area contributed by atoms with Gasteiger partial charge in [-0.15, -0.1) is 0 Å². The van der Waals surface area contributed by atoms with Crippen LogP contribution in [0.1, 0.15) is 11.1 Å². The lowest BCUT2D eigenvalue weighted by Crippen LogP contribution is -1.95. The van der Waals surface area contributed by atoms with Crippen molar-refractivity contribution >= 4 is 22.5 Å². The lowest BCUT2D eigenvalue weighted by molar-refractivity contribution is 1.22. The van der Waals surface area contributed by atoms with Gasteiger partial charge >= 0.3 is 0 Å². The predicted molar refractivity (Wildman–Crippen MR) is 105 cm³/mol. The van der Waals surface area contributed by atoms with Crippen molar-refractivity contribution in [3.05, 3.63) is 82.9 Å². The maximum absolute atomic E-state index is 6.01. The molecule has 122 valence electrons. The third-order valence-corrected chi connectivity index (χ3v) is 4.53. The van der Waals surface area contributed by atoms with Gasteiger partial charge in [-0.1, -0.05) is 53.1 Å². The van der Waals surface area contributed by atoms with Crippen LogP contribution in [0.3, 0.4) is 0 Å². The summed E-state index contributed by atoms with van der Waals surface area (Å²) in [5.74, 6) is 0.712. The van der Waals surface area contributed by atoms with Crippen LogP contribution in [-0.2, 0) is 0 Å². The molecule has 4 rings (SSSR count). The molecule has 0 aliphatic heterocycles. The number of hydrogen-bond acceptors (Lipinski definition) is 2. The van der Waals surface area contributed by atoms with E-state index in [0.29, 0.717) is 10.8 Å². The Morgan fingerprint density at radius 3 is 2.04 bits per heavy atom. The molecule has 3 aromatic carbocycles. The van der Waals surface area contributed by atoms with Crippen LogP contribution in [0.5, 0.6) is 0 Å². The second-order valence-electron chi connectivity index (χ2n) is 6.29. The molecule has 0 atom stereocenters. The molecule has 25 heavy (non-hydrogen) atoms. The normalized spacial score (nSPS) is 11.0. The van der Waals surface area contributed by atoms with E-state index in [1.54, 1.807) is 0 Å².